The fraction of sp³-hybridized carbons (Fsp3) is 0.684. The van der Waals surface area contributed by atoms with Crippen molar-refractivity contribution in [2.45, 2.75) is 45.2 Å². The highest BCUT2D eigenvalue weighted by atomic mass is 35.5. The van der Waals surface area contributed by atoms with E-state index in [1.165, 1.54) is 56.4 Å². The first-order valence-corrected chi connectivity index (χ1v) is 8.88. The van der Waals surface area contributed by atoms with Crippen molar-refractivity contribution in [2.75, 3.05) is 33.9 Å². The van der Waals surface area contributed by atoms with E-state index in [9.17, 15) is 0 Å². The second-order valence-corrected chi connectivity index (χ2v) is 6.95. The van der Waals surface area contributed by atoms with Gasteiger partial charge in [-0.1, -0.05) is 0 Å². The summed E-state index contributed by atoms with van der Waals surface area (Å²) in [6, 6.07) is 5.00. The van der Waals surface area contributed by atoms with Crippen molar-refractivity contribution in [1.29, 1.82) is 0 Å². The summed E-state index contributed by atoms with van der Waals surface area (Å²) in [7, 11) is 3.40. The molecule has 2 heterocycles. The average molecular weight is 355 g/mol. The molecule has 5 heteroatoms. The lowest BCUT2D eigenvalue weighted by molar-refractivity contribution is 0.157. The van der Waals surface area contributed by atoms with E-state index in [-0.39, 0.29) is 12.4 Å². The van der Waals surface area contributed by atoms with E-state index in [1.807, 2.05) is 0 Å². The molecule has 136 valence electrons. The van der Waals surface area contributed by atoms with Crippen LogP contribution < -0.4 is 14.8 Å². The predicted molar refractivity (Wildman–Crippen MR) is 101 cm³/mol. The molecule has 1 aromatic carbocycles. The van der Waals surface area contributed by atoms with Crippen molar-refractivity contribution < 1.29 is 9.47 Å². The van der Waals surface area contributed by atoms with Gasteiger partial charge in [0.05, 0.1) is 14.2 Å². The minimum atomic E-state index is 0. The van der Waals surface area contributed by atoms with Gasteiger partial charge < -0.3 is 14.8 Å². The molecule has 0 amide bonds. The molecule has 0 spiro atoms. The highest BCUT2D eigenvalue weighted by molar-refractivity contribution is 5.85. The van der Waals surface area contributed by atoms with Crippen LogP contribution in [0.4, 0.5) is 0 Å². The van der Waals surface area contributed by atoms with E-state index in [0.717, 1.165) is 30.0 Å². The van der Waals surface area contributed by atoms with Gasteiger partial charge in [-0.3, -0.25) is 4.90 Å². The van der Waals surface area contributed by atoms with E-state index >= 15 is 0 Å². The summed E-state index contributed by atoms with van der Waals surface area (Å²) in [5.74, 6) is 2.53. The van der Waals surface area contributed by atoms with Gasteiger partial charge in [-0.15, -0.1) is 12.4 Å². The van der Waals surface area contributed by atoms with E-state index < -0.39 is 0 Å². The molecule has 0 radical (unpaired) electrons. The average Bonchev–Trinajstić information content (AvgIpc) is 3.11. The zero-order valence-electron chi connectivity index (χ0n) is 15.1. The minimum Gasteiger partial charge on any atom is -0.493 e. The van der Waals surface area contributed by atoms with Gasteiger partial charge in [-0.05, 0) is 81.4 Å². The monoisotopic (exact) mass is 354 g/mol. The number of nitrogens with zero attached hydrogens (tertiary/aromatic N) is 1. The van der Waals surface area contributed by atoms with Crippen LogP contribution in [0.25, 0.3) is 0 Å². The number of aryl methyl sites for hydroxylation is 1. The van der Waals surface area contributed by atoms with Gasteiger partial charge in [-0.25, -0.2) is 0 Å². The van der Waals surface area contributed by atoms with Crippen molar-refractivity contribution in [3.8, 4) is 11.5 Å². The van der Waals surface area contributed by atoms with E-state index in [2.05, 4.69) is 29.3 Å². The Kier molecular flexibility index (Phi) is 7.20. The molecule has 1 N–H and O–H groups in total. The summed E-state index contributed by atoms with van der Waals surface area (Å²) in [6.07, 6.45) is 5.38. The zero-order valence-corrected chi connectivity index (χ0v) is 16.0. The number of hydrogen-bond acceptors (Lipinski definition) is 4. The van der Waals surface area contributed by atoms with Gasteiger partial charge >= 0.3 is 0 Å². The zero-order chi connectivity index (χ0) is 16.2. The number of likely N-dealkylation sites (tertiary alicyclic amines) is 1. The number of methoxy groups -OCH3 is 2. The lowest BCUT2D eigenvalue weighted by Crippen LogP contribution is -2.40. The van der Waals surface area contributed by atoms with Crippen LogP contribution in [0.5, 0.6) is 11.5 Å². The van der Waals surface area contributed by atoms with Gasteiger partial charge in [0, 0.05) is 12.6 Å². The maximum atomic E-state index is 5.45. The van der Waals surface area contributed by atoms with Crippen LogP contribution in [-0.2, 0) is 6.54 Å². The number of nitrogens with one attached hydrogen (secondary N) is 1. The second kappa shape index (κ2) is 8.93. The Morgan fingerprint density at radius 2 is 1.75 bits per heavy atom. The Morgan fingerprint density at radius 1 is 1.08 bits per heavy atom. The molecule has 2 fully saturated rings. The van der Waals surface area contributed by atoms with Crippen molar-refractivity contribution in [3.63, 3.8) is 0 Å². The molecule has 24 heavy (non-hydrogen) atoms. The summed E-state index contributed by atoms with van der Waals surface area (Å²) in [5.41, 5.74) is 2.63. The first kappa shape index (κ1) is 19.4. The number of piperidine rings is 1. The van der Waals surface area contributed by atoms with Crippen LogP contribution in [0.3, 0.4) is 0 Å². The fourth-order valence-electron chi connectivity index (χ4n) is 4.06. The Hall–Kier alpha value is -0.970. The number of benzene rings is 1. The van der Waals surface area contributed by atoms with Gasteiger partial charge in [0.1, 0.15) is 0 Å². The van der Waals surface area contributed by atoms with E-state index in [4.69, 9.17) is 9.47 Å². The Morgan fingerprint density at radius 3 is 2.33 bits per heavy atom. The Bertz CT molecular complexity index is 524. The Labute approximate surface area is 152 Å². The maximum Gasteiger partial charge on any atom is 0.161 e. The van der Waals surface area contributed by atoms with Gasteiger partial charge in [-0.2, -0.15) is 0 Å². The normalized spacial score (nSPS) is 22.2. The molecule has 1 atom stereocenters. The van der Waals surface area contributed by atoms with Crippen LogP contribution in [0, 0.1) is 12.8 Å². The molecule has 2 aliphatic heterocycles. The molecular formula is C19H31ClN2O2. The molecule has 3 rings (SSSR count). The third-order valence-corrected chi connectivity index (χ3v) is 5.54. The number of ether oxygens (including phenoxy) is 2. The fourth-order valence-corrected chi connectivity index (χ4v) is 4.06. The van der Waals surface area contributed by atoms with Crippen molar-refractivity contribution in [2.24, 2.45) is 5.92 Å². The number of hydrogen-bond donors (Lipinski definition) is 1. The highest BCUT2D eigenvalue weighted by Crippen LogP contribution is 2.32. The van der Waals surface area contributed by atoms with Crippen LogP contribution in [0.2, 0.25) is 0 Å². The molecule has 4 nitrogen and oxygen atoms in total. The third kappa shape index (κ3) is 4.35. The lowest BCUT2D eigenvalue weighted by atomic mass is 9.88. The first-order chi connectivity index (χ1) is 11.2. The molecule has 2 saturated heterocycles. The van der Waals surface area contributed by atoms with Crippen molar-refractivity contribution in [1.82, 2.24) is 10.2 Å². The minimum absolute atomic E-state index is 0. The molecule has 0 bridgehead atoms. The summed E-state index contributed by atoms with van der Waals surface area (Å²) in [4.78, 5) is 2.58. The smallest absolute Gasteiger partial charge is 0.161 e. The van der Waals surface area contributed by atoms with Crippen LogP contribution in [0.1, 0.15) is 36.8 Å². The van der Waals surface area contributed by atoms with Crippen LogP contribution in [0.15, 0.2) is 12.1 Å². The number of rotatable bonds is 5. The predicted octanol–water partition coefficient (Wildman–Crippen LogP) is 3.40. The lowest BCUT2D eigenvalue weighted by Gasteiger charge is -2.35. The summed E-state index contributed by atoms with van der Waals surface area (Å²) < 4.78 is 10.8. The molecule has 0 aliphatic carbocycles. The molecule has 0 saturated carbocycles. The topological polar surface area (TPSA) is 33.7 Å². The standard InChI is InChI=1S/C19H30N2O2.ClH/c1-14-11-18(22-2)19(23-3)12-16(14)13-21-9-6-15(7-10-21)17-5-4-8-20-17;/h11-12,15,17,20H,4-10,13H2,1-3H3;1H. The van der Waals surface area contributed by atoms with Crippen molar-refractivity contribution >= 4 is 12.4 Å². The molecule has 1 unspecified atom stereocenters. The van der Waals surface area contributed by atoms with E-state index in [0.29, 0.717) is 0 Å². The summed E-state index contributed by atoms with van der Waals surface area (Å²) in [6.45, 7) is 6.80. The molecule has 1 aromatic rings. The third-order valence-electron chi connectivity index (χ3n) is 5.54. The van der Waals surface area contributed by atoms with Gasteiger partial charge in [0.25, 0.3) is 0 Å². The first-order valence-electron chi connectivity index (χ1n) is 8.88. The Balaban J connectivity index is 0.00000208. The largest absolute Gasteiger partial charge is 0.493 e. The quantitative estimate of drug-likeness (QED) is 0.878. The van der Waals surface area contributed by atoms with Gasteiger partial charge in [0.15, 0.2) is 11.5 Å². The molecular weight excluding hydrogens is 324 g/mol. The second-order valence-electron chi connectivity index (χ2n) is 6.95. The SMILES string of the molecule is COc1cc(C)c(CN2CCC(C3CCCN3)CC2)cc1OC.Cl. The summed E-state index contributed by atoms with van der Waals surface area (Å²) in [5, 5.41) is 3.68. The maximum absolute atomic E-state index is 5.45. The van der Waals surface area contributed by atoms with Crippen molar-refractivity contribution in [3.05, 3.63) is 23.3 Å². The van der Waals surface area contributed by atoms with Crippen LogP contribution >= 0.6 is 12.4 Å². The molecule has 2 aliphatic rings. The molecule has 0 aromatic heterocycles. The van der Waals surface area contributed by atoms with Crippen LogP contribution in [-0.4, -0.2) is 44.8 Å². The number of halogens is 1. The summed E-state index contributed by atoms with van der Waals surface area (Å²) >= 11 is 0. The van der Waals surface area contributed by atoms with E-state index in [1.54, 1.807) is 14.2 Å². The van der Waals surface area contributed by atoms with Gasteiger partial charge in [0.2, 0.25) is 0 Å². The highest BCUT2D eigenvalue weighted by Gasteiger charge is 2.28.